The van der Waals surface area contributed by atoms with Crippen LogP contribution in [0.5, 0.6) is 0 Å². The Morgan fingerprint density at radius 3 is 2.33 bits per heavy atom. The lowest BCUT2D eigenvalue weighted by molar-refractivity contribution is -0.144. The lowest BCUT2D eigenvalue weighted by Gasteiger charge is -2.14. The van der Waals surface area contributed by atoms with E-state index in [9.17, 15) is 9.59 Å². The van der Waals surface area contributed by atoms with Crippen molar-refractivity contribution in [1.82, 2.24) is 4.90 Å². The van der Waals surface area contributed by atoms with Crippen molar-refractivity contribution in [2.45, 2.75) is 13.0 Å². The Balaban J connectivity index is 3.86. The third kappa shape index (κ3) is 2.12. The van der Waals surface area contributed by atoms with Crippen LogP contribution in [0.2, 0.25) is 0 Å². The van der Waals surface area contributed by atoms with E-state index in [4.69, 9.17) is 5.11 Å². The number of hydrogen-bond acceptors (Lipinski definition) is 2. The van der Waals surface area contributed by atoms with Gasteiger partial charge >= 0.3 is 5.97 Å². The van der Waals surface area contributed by atoms with E-state index in [1.54, 1.807) is 0 Å². The van der Waals surface area contributed by atoms with Crippen LogP contribution in [0.15, 0.2) is 0 Å². The first-order chi connectivity index (χ1) is 4.09. The average Bonchev–Trinajstić information content (AvgIpc) is 1.84. The van der Waals surface area contributed by atoms with Crippen molar-refractivity contribution in [3.63, 3.8) is 0 Å². The molecule has 0 aromatic heterocycles. The van der Waals surface area contributed by atoms with Crippen LogP contribution in [0.1, 0.15) is 6.92 Å². The quantitative estimate of drug-likeness (QED) is 0.527. The van der Waals surface area contributed by atoms with Crippen LogP contribution < -0.4 is 0 Å². The number of rotatable bonds is 3. The predicted octanol–water partition coefficient (Wildman–Crippen LogP) is -0.452. The summed E-state index contributed by atoms with van der Waals surface area (Å²) < 4.78 is 0. The van der Waals surface area contributed by atoms with E-state index in [-0.39, 0.29) is 0 Å². The molecule has 0 fully saturated rings. The molecule has 0 saturated heterocycles. The van der Waals surface area contributed by atoms with Crippen molar-refractivity contribution in [3.8, 4) is 0 Å². The van der Waals surface area contributed by atoms with Gasteiger partial charge in [-0.2, -0.15) is 0 Å². The molecule has 0 aromatic rings. The summed E-state index contributed by atoms with van der Waals surface area (Å²) >= 11 is 0. The van der Waals surface area contributed by atoms with Gasteiger partial charge in [-0.05, 0) is 6.92 Å². The molecule has 0 bridgehead atoms. The minimum atomic E-state index is -0.996. The Kier molecular flexibility index (Phi) is 2.70. The molecule has 0 radical (unpaired) electrons. The summed E-state index contributed by atoms with van der Waals surface area (Å²) in [6.07, 6.45) is 0.485. The number of hydrogen-bond donors (Lipinski definition) is 1. The van der Waals surface area contributed by atoms with E-state index in [1.165, 1.54) is 14.0 Å². The molecule has 52 valence electrons. The van der Waals surface area contributed by atoms with E-state index in [2.05, 4.69) is 0 Å². The maximum Gasteiger partial charge on any atom is 0.326 e. The van der Waals surface area contributed by atoms with Crippen molar-refractivity contribution in [2.75, 3.05) is 7.05 Å². The lowest BCUT2D eigenvalue weighted by atomic mass is 10.3. The smallest absolute Gasteiger partial charge is 0.326 e. The average molecular weight is 131 g/mol. The van der Waals surface area contributed by atoms with Gasteiger partial charge in [-0.25, -0.2) is 4.79 Å². The van der Waals surface area contributed by atoms with Crippen LogP contribution in [-0.4, -0.2) is 35.5 Å². The monoisotopic (exact) mass is 131 g/mol. The molecule has 0 unspecified atom stereocenters. The second-order valence-corrected chi connectivity index (χ2v) is 1.79. The number of carbonyl (C=O) groups is 2. The zero-order valence-corrected chi connectivity index (χ0v) is 5.37. The normalized spacial score (nSPS) is 12.2. The molecule has 0 spiro atoms. The first kappa shape index (κ1) is 7.94. The van der Waals surface area contributed by atoms with Gasteiger partial charge < -0.3 is 10.0 Å². The Bertz CT molecular complexity index is 123. The highest BCUT2D eigenvalue weighted by Crippen LogP contribution is 1.89. The van der Waals surface area contributed by atoms with Gasteiger partial charge in [0.15, 0.2) is 0 Å². The fourth-order valence-electron chi connectivity index (χ4n) is 0.265. The van der Waals surface area contributed by atoms with E-state index >= 15 is 0 Å². The molecule has 1 amide bonds. The van der Waals surface area contributed by atoms with Crippen LogP contribution in [0.4, 0.5) is 0 Å². The zero-order chi connectivity index (χ0) is 7.44. The summed E-state index contributed by atoms with van der Waals surface area (Å²) in [5.41, 5.74) is 0. The molecule has 0 heterocycles. The van der Waals surface area contributed by atoms with Crippen LogP contribution in [0.3, 0.4) is 0 Å². The van der Waals surface area contributed by atoms with Gasteiger partial charge in [-0.3, -0.25) is 4.79 Å². The van der Waals surface area contributed by atoms with Crippen molar-refractivity contribution in [2.24, 2.45) is 0 Å². The van der Waals surface area contributed by atoms with E-state index in [0.717, 1.165) is 4.90 Å². The van der Waals surface area contributed by atoms with Gasteiger partial charge in [0.05, 0.1) is 0 Å². The van der Waals surface area contributed by atoms with Gasteiger partial charge in [0.1, 0.15) is 6.04 Å². The highest BCUT2D eigenvalue weighted by molar-refractivity contribution is 5.75. The largest absolute Gasteiger partial charge is 0.480 e. The third-order valence-corrected chi connectivity index (χ3v) is 1.13. The molecule has 1 N–H and O–H groups in total. The maximum absolute atomic E-state index is 10.1. The fourth-order valence-corrected chi connectivity index (χ4v) is 0.265. The number of nitrogens with zero attached hydrogens (tertiary/aromatic N) is 1. The molecular formula is C5H9NO3. The maximum atomic E-state index is 10.1. The zero-order valence-electron chi connectivity index (χ0n) is 5.37. The molecule has 0 rings (SSSR count). The molecule has 4 nitrogen and oxygen atoms in total. The molecule has 9 heavy (non-hydrogen) atoms. The first-order valence-electron chi connectivity index (χ1n) is 2.49. The fraction of sp³-hybridized carbons (Fsp3) is 0.600. The SMILES string of the molecule is C[C@H](C(=O)O)N(C)C=O. The number of aliphatic carboxylic acids is 1. The molecule has 1 atom stereocenters. The summed E-state index contributed by atoms with van der Waals surface area (Å²) in [7, 11) is 1.42. The third-order valence-electron chi connectivity index (χ3n) is 1.13. The Morgan fingerprint density at radius 2 is 2.22 bits per heavy atom. The molecule has 0 aliphatic rings. The van der Waals surface area contributed by atoms with Crippen molar-refractivity contribution >= 4 is 12.4 Å². The topological polar surface area (TPSA) is 57.6 Å². The Labute approximate surface area is 53.1 Å². The van der Waals surface area contributed by atoms with Crippen molar-refractivity contribution in [1.29, 1.82) is 0 Å². The molecule has 0 aliphatic heterocycles. The van der Waals surface area contributed by atoms with Crippen LogP contribution in [-0.2, 0) is 9.59 Å². The summed E-state index contributed by atoms with van der Waals surface area (Å²) in [4.78, 5) is 21.1. The van der Waals surface area contributed by atoms with E-state index in [0.29, 0.717) is 6.41 Å². The molecular weight excluding hydrogens is 122 g/mol. The lowest BCUT2D eigenvalue weighted by Crippen LogP contribution is -2.34. The van der Waals surface area contributed by atoms with E-state index < -0.39 is 12.0 Å². The predicted molar refractivity (Wildman–Crippen MR) is 30.9 cm³/mol. The number of amides is 1. The molecule has 4 heteroatoms. The molecule has 0 aliphatic carbocycles. The highest BCUT2D eigenvalue weighted by atomic mass is 16.4. The van der Waals surface area contributed by atoms with Gasteiger partial charge in [-0.1, -0.05) is 0 Å². The van der Waals surface area contributed by atoms with Gasteiger partial charge in [0.2, 0.25) is 6.41 Å². The van der Waals surface area contributed by atoms with Crippen molar-refractivity contribution in [3.05, 3.63) is 0 Å². The van der Waals surface area contributed by atoms with Crippen LogP contribution in [0, 0.1) is 0 Å². The van der Waals surface area contributed by atoms with Gasteiger partial charge in [0.25, 0.3) is 0 Å². The van der Waals surface area contributed by atoms with E-state index in [1.807, 2.05) is 0 Å². The second-order valence-electron chi connectivity index (χ2n) is 1.79. The molecule has 0 aromatic carbocycles. The first-order valence-corrected chi connectivity index (χ1v) is 2.49. The van der Waals surface area contributed by atoms with Crippen molar-refractivity contribution < 1.29 is 14.7 Å². The summed E-state index contributed by atoms with van der Waals surface area (Å²) in [5.74, 6) is -0.996. The minimum Gasteiger partial charge on any atom is -0.480 e. The van der Waals surface area contributed by atoms with Gasteiger partial charge in [-0.15, -0.1) is 0 Å². The van der Waals surface area contributed by atoms with Gasteiger partial charge in [0, 0.05) is 7.05 Å². The number of carbonyl (C=O) groups excluding carboxylic acids is 1. The Morgan fingerprint density at radius 1 is 1.78 bits per heavy atom. The number of carboxylic acids is 1. The standard InChI is InChI=1S/C5H9NO3/c1-4(5(8)9)6(2)3-7/h3-4H,1-2H3,(H,8,9)/t4-/m1/s1. The highest BCUT2D eigenvalue weighted by Gasteiger charge is 2.13. The molecule has 0 saturated carbocycles. The van der Waals surface area contributed by atoms with Crippen LogP contribution >= 0.6 is 0 Å². The second kappa shape index (κ2) is 3.06. The summed E-state index contributed by atoms with van der Waals surface area (Å²) in [5, 5.41) is 8.28. The number of likely N-dealkylation sites (N-methyl/N-ethyl adjacent to an activating group) is 1. The minimum absolute atomic E-state index is 0.485. The van der Waals surface area contributed by atoms with Crippen LogP contribution in [0.25, 0.3) is 0 Å². The Hall–Kier alpha value is -1.06. The number of carboxylic acid groups (broad SMARTS) is 1. The summed E-state index contributed by atoms with van der Waals surface area (Å²) in [6, 6.07) is -0.734. The summed E-state index contributed by atoms with van der Waals surface area (Å²) in [6.45, 7) is 1.44.